The van der Waals surface area contributed by atoms with Crippen molar-refractivity contribution >= 4 is 27.7 Å². The minimum absolute atomic E-state index is 0.150. The highest BCUT2D eigenvalue weighted by Gasteiger charge is 2.09. The van der Waals surface area contributed by atoms with Gasteiger partial charge in [-0.05, 0) is 54.6 Å². The van der Waals surface area contributed by atoms with Gasteiger partial charge in [0.1, 0.15) is 5.75 Å². The quantitative estimate of drug-likeness (QED) is 0.393. The van der Waals surface area contributed by atoms with Gasteiger partial charge in [0.2, 0.25) is 5.16 Å². The molecule has 1 heterocycles. The lowest BCUT2D eigenvalue weighted by molar-refractivity contribution is 0.239. The second kappa shape index (κ2) is 9.87. The Kier molecular flexibility index (Phi) is 7.25. The average Bonchev–Trinajstić information content (AvgIpc) is 3.12. The second-order valence-electron chi connectivity index (χ2n) is 6.15. The molecule has 3 aromatic rings. The molecule has 27 heavy (non-hydrogen) atoms. The van der Waals surface area contributed by atoms with Crippen LogP contribution in [0.25, 0.3) is 5.69 Å². The second-order valence-corrected chi connectivity index (χ2v) is 8.13. The average molecular weight is 448 g/mol. The number of para-hydroxylation sites is 1. The molecule has 0 aliphatic carbocycles. The van der Waals surface area contributed by atoms with E-state index >= 15 is 0 Å². The molecule has 0 spiro atoms. The van der Waals surface area contributed by atoms with E-state index in [0.717, 1.165) is 45.5 Å². The van der Waals surface area contributed by atoms with Crippen LogP contribution in [-0.2, 0) is 6.54 Å². The number of nitrogens with zero attached hydrogens (tertiary/aromatic N) is 4. The van der Waals surface area contributed by atoms with Crippen LogP contribution in [0, 0.1) is 0 Å². The fourth-order valence-electron chi connectivity index (χ4n) is 2.49. The predicted molar refractivity (Wildman–Crippen MR) is 111 cm³/mol. The van der Waals surface area contributed by atoms with Gasteiger partial charge in [-0.3, -0.25) is 0 Å². The van der Waals surface area contributed by atoms with Gasteiger partial charge in [-0.25, -0.2) is 0 Å². The smallest absolute Gasteiger partial charge is 0.214 e. The zero-order valence-electron chi connectivity index (χ0n) is 15.3. The van der Waals surface area contributed by atoms with E-state index in [9.17, 15) is 0 Å². The van der Waals surface area contributed by atoms with Crippen molar-refractivity contribution in [2.45, 2.75) is 31.7 Å². The standard InChI is InChI=1S/C19H22BrN5OS/c1-14(2)26-18-9-8-16(20)12-15(18)13-21-10-11-27-19-22-23-24-25(19)17-6-4-3-5-7-17/h3-9,12,14,21H,10-11,13H2,1-2H3. The van der Waals surface area contributed by atoms with E-state index in [1.54, 1.807) is 16.4 Å². The van der Waals surface area contributed by atoms with Gasteiger partial charge in [0.15, 0.2) is 0 Å². The molecule has 0 aliphatic rings. The summed E-state index contributed by atoms with van der Waals surface area (Å²) in [5.41, 5.74) is 2.10. The molecule has 0 fully saturated rings. The van der Waals surface area contributed by atoms with Gasteiger partial charge >= 0.3 is 0 Å². The Balaban J connectivity index is 1.51. The Labute approximate surface area is 171 Å². The molecule has 0 bridgehead atoms. The number of halogens is 1. The van der Waals surface area contributed by atoms with E-state index in [-0.39, 0.29) is 6.10 Å². The highest BCUT2D eigenvalue weighted by molar-refractivity contribution is 9.10. The van der Waals surface area contributed by atoms with Gasteiger partial charge in [0.05, 0.1) is 11.8 Å². The van der Waals surface area contributed by atoms with E-state index in [4.69, 9.17) is 4.74 Å². The fraction of sp³-hybridized carbons (Fsp3) is 0.316. The predicted octanol–water partition coefficient (Wildman–Crippen LogP) is 4.09. The Hall–Kier alpha value is -1.90. The molecule has 142 valence electrons. The van der Waals surface area contributed by atoms with Gasteiger partial charge in [-0.1, -0.05) is 45.9 Å². The van der Waals surface area contributed by atoms with E-state index < -0.39 is 0 Å². The highest BCUT2D eigenvalue weighted by atomic mass is 79.9. The van der Waals surface area contributed by atoms with Crippen molar-refractivity contribution in [2.24, 2.45) is 0 Å². The van der Waals surface area contributed by atoms with Gasteiger partial charge < -0.3 is 10.1 Å². The van der Waals surface area contributed by atoms with Gasteiger partial charge in [-0.2, -0.15) is 4.68 Å². The van der Waals surface area contributed by atoms with E-state index in [0.29, 0.717) is 0 Å². The van der Waals surface area contributed by atoms with Crippen molar-refractivity contribution < 1.29 is 4.74 Å². The summed E-state index contributed by atoms with van der Waals surface area (Å²) in [6.45, 7) is 5.64. The van der Waals surface area contributed by atoms with Crippen molar-refractivity contribution in [3.8, 4) is 11.4 Å². The largest absolute Gasteiger partial charge is 0.491 e. The first-order valence-corrected chi connectivity index (χ1v) is 10.5. The van der Waals surface area contributed by atoms with Crippen molar-refractivity contribution in [3.05, 3.63) is 58.6 Å². The van der Waals surface area contributed by atoms with Crippen LogP contribution in [0.4, 0.5) is 0 Å². The molecule has 0 unspecified atom stereocenters. The molecule has 0 radical (unpaired) electrons. The SMILES string of the molecule is CC(C)Oc1ccc(Br)cc1CNCCSc1nnnn1-c1ccccc1. The Morgan fingerprint density at radius 1 is 1.19 bits per heavy atom. The molecule has 0 aliphatic heterocycles. The summed E-state index contributed by atoms with van der Waals surface area (Å²) in [4.78, 5) is 0. The molecule has 6 nitrogen and oxygen atoms in total. The van der Waals surface area contributed by atoms with Crippen LogP contribution in [0.5, 0.6) is 5.75 Å². The third-order valence-electron chi connectivity index (χ3n) is 3.65. The fourth-order valence-corrected chi connectivity index (χ4v) is 3.69. The Morgan fingerprint density at radius 2 is 2.00 bits per heavy atom. The first kappa shape index (κ1) is 19.9. The van der Waals surface area contributed by atoms with E-state index in [1.807, 2.05) is 56.3 Å². The van der Waals surface area contributed by atoms with Crippen LogP contribution >= 0.6 is 27.7 Å². The maximum absolute atomic E-state index is 5.89. The Bertz CT molecular complexity index is 856. The number of hydrogen-bond acceptors (Lipinski definition) is 6. The lowest BCUT2D eigenvalue weighted by Crippen LogP contribution is -2.18. The van der Waals surface area contributed by atoms with Crippen LogP contribution in [-0.4, -0.2) is 38.6 Å². The summed E-state index contributed by atoms with van der Waals surface area (Å²) in [5, 5.41) is 16.2. The summed E-state index contributed by atoms with van der Waals surface area (Å²) in [6, 6.07) is 16.0. The zero-order valence-corrected chi connectivity index (χ0v) is 17.7. The molecule has 0 amide bonds. The van der Waals surface area contributed by atoms with Crippen LogP contribution in [0.1, 0.15) is 19.4 Å². The van der Waals surface area contributed by atoms with Gasteiger partial charge in [0, 0.05) is 28.9 Å². The normalized spacial score (nSPS) is 11.1. The molecular weight excluding hydrogens is 426 g/mol. The maximum atomic E-state index is 5.89. The maximum Gasteiger partial charge on any atom is 0.214 e. The minimum Gasteiger partial charge on any atom is -0.491 e. The van der Waals surface area contributed by atoms with Crippen LogP contribution in [0.15, 0.2) is 58.2 Å². The van der Waals surface area contributed by atoms with E-state index in [2.05, 4.69) is 42.8 Å². The number of aromatic nitrogens is 4. The number of rotatable bonds is 9. The van der Waals surface area contributed by atoms with Crippen molar-refractivity contribution in [1.29, 1.82) is 0 Å². The molecule has 2 aromatic carbocycles. The molecule has 1 N–H and O–H groups in total. The minimum atomic E-state index is 0.150. The zero-order chi connectivity index (χ0) is 19.1. The third kappa shape index (κ3) is 5.79. The molecule has 8 heteroatoms. The summed E-state index contributed by atoms with van der Waals surface area (Å²) < 4.78 is 8.69. The molecule has 0 saturated heterocycles. The number of tetrazole rings is 1. The van der Waals surface area contributed by atoms with Crippen molar-refractivity contribution in [3.63, 3.8) is 0 Å². The first-order valence-electron chi connectivity index (χ1n) is 8.76. The number of nitrogens with one attached hydrogen (secondary N) is 1. The lowest BCUT2D eigenvalue weighted by atomic mass is 10.2. The van der Waals surface area contributed by atoms with E-state index in [1.165, 1.54) is 0 Å². The number of benzene rings is 2. The Morgan fingerprint density at radius 3 is 2.78 bits per heavy atom. The molecule has 3 rings (SSSR count). The lowest BCUT2D eigenvalue weighted by Gasteiger charge is -2.15. The molecule has 0 atom stereocenters. The van der Waals surface area contributed by atoms with Crippen LogP contribution in [0.3, 0.4) is 0 Å². The van der Waals surface area contributed by atoms with Gasteiger partial charge in [0.25, 0.3) is 0 Å². The number of hydrogen-bond donors (Lipinski definition) is 1. The monoisotopic (exact) mass is 447 g/mol. The topological polar surface area (TPSA) is 64.9 Å². The molecule has 1 aromatic heterocycles. The molecular formula is C19H22BrN5OS. The first-order chi connectivity index (χ1) is 13.1. The summed E-state index contributed by atoms with van der Waals surface area (Å²) in [5.74, 6) is 1.78. The number of ether oxygens (including phenoxy) is 1. The summed E-state index contributed by atoms with van der Waals surface area (Å²) >= 11 is 5.15. The third-order valence-corrected chi connectivity index (χ3v) is 5.07. The number of thioether (sulfide) groups is 1. The highest BCUT2D eigenvalue weighted by Crippen LogP contribution is 2.24. The van der Waals surface area contributed by atoms with Gasteiger partial charge in [-0.15, -0.1) is 5.10 Å². The molecule has 0 saturated carbocycles. The summed E-state index contributed by atoms with van der Waals surface area (Å²) in [6.07, 6.45) is 0.150. The van der Waals surface area contributed by atoms with Crippen molar-refractivity contribution in [2.75, 3.05) is 12.3 Å². The van der Waals surface area contributed by atoms with Crippen LogP contribution < -0.4 is 10.1 Å². The summed E-state index contributed by atoms with van der Waals surface area (Å²) in [7, 11) is 0. The van der Waals surface area contributed by atoms with Crippen molar-refractivity contribution in [1.82, 2.24) is 25.5 Å². The van der Waals surface area contributed by atoms with Crippen LogP contribution in [0.2, 0.25) is 0 Å².